The van der Waals surface area contributed by atoms with E-state index in [4.69, 9.17) is 0 Å². The monoisotopic (exact) mass is 838 g/mol. The summed E-state index contributed by atoms with van der Waals surface area (Å²) in [6, 6.07) is 93.1. The molecule has 66 heavy (non-hydrogen) atoms. The molecule has 12 aromatic carbocycles. The summed E-state index contributed by atoms with van der Waals surface area (Å²) in [5, 5.41) is 12.8. The molecule has 0 atom stereocenters. The van der Waals surface area contributed by atoms with E-state index in [-0.39, 0.29) is 0 Å². The summed E-state index contributed by atoms with van der Waals surface area (Å²) in [4.78, 5) is 2.37. The lowest BCUT2D eigenvalue weighted by Crippen LogP contribution is -2.09. The van der Waals surface area contributed by atoms with Crippen molar-refractivity contribution in [2.24, 2.45) is 0 Å². The number of benzene rings is 12. The van der Waals surface area contributed by atoms with Crippen molar-refractivity contribution in [3.63, 3.8) is 0 Å². The molecule has 0 fully saturated rings. The molecule has 0 aliphatic carbocycles. The van der Waals surface area contributed by atoms with Crippen LogP contribution in [0.5, 0.6) is 0 Å². The molecule has 308 valence electrons. The Morgan fingerprint density at radius 2 is 0.621 bits per heavy atom. The zero-order valence-electron chi connectivity index (χ0n) is 36.1. The molecule has 0 bridgehead atoms. The van der Waals surface area contributed by atoms with Crippen LogP contribution >= 0.6 is 0 Å². The molecule has 0 aliphatic rings. The molecule has 1 aromatic heterocycles. The maximum atomic E-state index is 2.37. The minimum absolute atomic E-state index is 1.09. The molecule has 2 nitrogen and oxygen atoms in total. The van der Waals surface area contributed by atoms with Gasteiger partial charge in [0, 0.05) is 33.5 Å². The molecule has 0 saturated carbocycles. The third-order valence-electron chi connectivity index (χ3n) is 13.6. The number of fused-ring (bicyclic) bond motifs is 10. The Morgan fingerprint density at radius 3 is 1.17 bits per heavy atom. The highest BCUT2D eigenvalue weighted by molar-refractivity contribution is 6.25. The fourth-order valence-electron chi connectivity index (χ4n) is 10.4. The standard InChI is InChI=1S/C64H42N2/c1-2-14-53-46(12-1)13-11-21-54(53)47-30-39-51(40-31-47)65(50-35-28-45(29-36-50)48-32-41-59-57-17-4-3-15-55(57)56-16-5-6-18-58(56)62(59)42-48)49-33-24-43(25-34-49)44-26-37-52(38-27-44)66-63-22-9-7-19-60(63)61-20-8-10-23-64(61)66/h1-42H. The molecule has 1 heterocycles. The van der Waals surface area contributed by atoms with E-state index >= 15 is 0 Å². The van der Waals surface area contributed by atoms with Crippen LogP contribution < -0.4 is 4.90 Å². The summed E-state index contributed by atoms with van der Waals surface area (Å²) in [5.41, 5.74) is 14.0. The van der Waals surface area contributed by atoms with Gasteiger partial charge in [-0.15, -0.1) is 0 Å². The Hall–Kier alpha value is -8.72. The van der Waals surface area contributed by atoms with Crippen molar-refractivity contribution >= 4 is 82.0 Å². The first-order valence-electron chi connectivity index (χ1n) is 22.7. The van der Waals surface area contributed by atoms with E-state index in [1.54, 1.807) is 0 Å². The molecule has 13 rings (SSSR count). The molecular weight excluding hydrogens is 797 g/mol. The van der Waals surface area contributed by atoms with Crippen molar-refractivity contribution in [2.75, 3.05) is 4.90 Å². The van der Waals surface area contributed by atoms with E-state index in [1.807, 2.05) is 0 Å². The van der Waals surface area contributed by atoms with Crippen LogP contribution in [0, 0.1) is 0 Å². The first-order valence-corrected chi connectivity index (χ1v) is 22.7. The molecule has 0 amide bonds. The Labute approximate surface area is 383 Å². The Kier molecular flexibility index (Phi) is 8.89. The van der Waals surface area contributed by atoms with E-state index in [0.717, 1.165) is 22.7 Å². The summed E-state index contributed by atoms with van der Waals surface area (Å²) >= 11 is 0. The number of hydrogen-bond donors (Lipinski definition) is 0. The molecule has 0 saturated heterocycles. The summed E-state index contributed by atoms with van der Waals surface area (Å²) in [7, 11) is 0. The Bertz CT molecular complexity index is 3860. The fraction of sp³-hybridized carbons (Fsp3) is 0. The highest BCUT2D eigenvalue weighted by Crippen LogP contribution is 2.41. The quantitative estimate of drug-likeness (QED) is 0.145. The molecule has 2 heteroatoms. The second-order valence-corrected chi connectivity index (χ2v) is 17.3. The van der Waals surface area contributed by atoms with Crippen molar-refractivity contribution in [3.05, 3.63) is 255 Å². The third kappa shape index (κ3) is 6.26. The Balaban J connectivity index is 0.869. The minimum Gasteiger partial charge on any atom is -0.311 e. The van der Waals surface area contributed by atoms with Crippen LogP contribution in [-0.2, 0) is 0 Å². The summed E-state index contributed by atoms with van der Waals surface area (Å²) in [6.45, 7) is 0. The molecule has 13 aromatic rings. The molecule has 0 N–H and O–H groups in total. The highest BCUT2D eigenvalue weighted by atomic mass is 15.1. The van der Waals surface area contributed by atoms with Gasteiger partial charge < -0.3 is 9.47 Å². The topological polar surface area (TPSA) is 8.17 Å². The maximum absolute atomic E-state index is 2.37. The zero-order valence-corrected chi connectivity index (χ0v) is 36.1. The van der Waals surface area contributed by atoms with Crippen LogP contribution in [0.25, 0.3) is 104 Å². The van der Waals surface area contributed by atoms with Gasteiger partial charge in [-0.3, -0.25) is 0 Å². The molecule has 0 aliphatic heterocycles. The van der Waals surface area contributed by atoms with E-state index in [2.05, 4.69) is 264 Å². The largest absolute Gasteiger partial charge is 0.311 e. The van der Waals surface area contributed by atoms with Crippen molar-refractivity contribution in [1.82, 2.24) is 4.57 Å². The molecule has 0 radical (unpaired) electrons. The summed E-state index contributed by atoms with van der Waals surface area (Å²) < 4.78 is 2.37. The lowest BCUT2D eigenvalue weighted by atomic mass is 9.92. The van der Waals surface area contributed by atoms with Gasteiger partial charge in [0.1, 0.15) is 0 Å². The van der Waals surface area contributed by atoms with E-state index < -0.39 is 0 Å². The first kappa shape index (κ1) is 37.8. The number of rotatable bonds is 7. The van der Waals surface area contributed by atoms with Gasteiger partial charge in [0.25, 0.3) is 0 Å². The third-order valence-corrected chi connectivity index (χ3v) is 13.6. The van der Waals surface area contributed by atoms with Gasteiger partial charge in [-0.2, -0.15) is 0 Å². The van der Waals surface area contributed by atoms with Gasteiger partial charge in [0.2, 0.25) is 0 Å². The predicted molar refractivity (Wildman–Crippen MR) is 282 cm³/mol. The second kappa shape index (κ2) is 15.5. The summed E-state index contributed by atoms with van der Waals surface area (Å²) in [5.74, 6) is 0. The van der Waals surface area contributed by atoms with Crippen LogP contribution in [0.1, 0.15) is 0 Å². The number of nitrogens with zero attached hydrogens (tertiary/aromatic N) is 2. The van der Waals surface area contributed by atoms with Crippen LogP contribution in [0.3, 0.4) is 0 Å². The highest BCUT2D eigenvalue weighted by Gasteiger charge is 2.16. The van der Waals surface area contributed by atoms with Crippen LogP contribution in [0.4, 0.5) is 17.1 Å². The van der Waals surface area contributed by atoms with Crippen molar-refractivity contribution in [2.45, 2.75) is 0 Å². The average molecular weight is 839 g/mol. The van der Waals surface area contributed by atoms with E-state index in [0.29, 0.717) is 0 Å². The van der Waals surface area contributed by atoms with Crippen molar-refractivity contribution < 1.29 is 0 Å². The fourth-order valence-corrected chi connectivity index (χ4v) is 10.4. The summed E-state index contributed by atoms with van der Waals surface area (Å²) in [6.07, 6.45) is 0. The van der Waals surface area contributed by atoms with Crippen LogP contribution in [-0.4, -0.2) is 4.57 Å². The van der Waals surface area contributed by atoms with Gasteiger partial charge >= 0.3 is 0 Å². The Morgan fingerprint density at radius 1 is 0.242 bits per heavy atom. The van der Waals surface area contributed by atoms with Gasteiger partial charge in [-0.25, -0.2) is 0 Å². The van der Waals surface area contributed by atoms with Gasteiger partial charge in [0.15, 0.2) is 0 Å². The van der Waals surface area contributed by atoms with Gasteiger partial charge in [-0.1, -0.05) is 188 Å². The molecule has 0 unspecified atom stereocenters. The minimum atomic E-state index is 1.09. The zero-order chi connectivity index (χ0) is 43.6. The number of para-hydroxylation sites is 2. The first-order chi connectivity index (χ1) is 32.7. The number of aromatic nitrogens is 1. The van der Waals surface area contributed by atoms with Crippen LogP contribution in [0.15, 0.2) is 255 Å². The van der Waals surface area contributed by atoms with Gasteiger partial charge in [-0.05, 0) is 143 Å². The van der Waals surface area contributed by atoms with Gasteiger partial charge in [0.05, 0.1) is 11.0 Å². The normalized spacial score (nSPS) is 11.6. The van der Waals surface area contributed by atoms with Crippen molar-refractivity contribution in [1.29, 1.82) is 0 Å². The maximum Gasteiger partial charge on any atom is 0.0541 e. The second-order valence-electron chi connectivity index (χ2n) is 17.3. The SMILES string of the molecule is c1ccc2c(-c3ccc(N(c4ccc(-c5ccc(-n6c7ccccc7c7ccccc76)cc5)cc4)c4ccc(-c5ccc6c7ccccc7c7ccccc7c6c5)cc4)cc3)cccc2c1. The van der Waals surface area contributed by atoms with E-state index in [9.17, 15) is 0 Å². The van der Waals surface area contributed by atoms with E-state index in [1.165, 1.54) is 98.3 Å². The average Bonchev–Trinajstić information content (AvgIpc) is 3.73. The molecular formula is C64H42N2. The molecule has 0 spiro atoms. The number of anilines is 3. The number of hydrogen-bond acceptors (Lipinski definition) is 1. The van der Waals surface area contributed by atoms with Crippen LogP contribution in [0.2, 0.25) is 0 Å². The predicted octanol–water partition coefficient (Wildman–Crippen LogP) is 17.9. The smallest absolute Gasteiger partial charge is 0.0541 e. The lowest BCUT2D eigenvalue weighted by molar-refractivity contribution is 1.18. The lowest BCUT2D eigenvalue weighted by Gasteiger charge is -2.26. The van der Waals surface area contributed by atoms with Crippen molar-refractivity contribution in [3.8, 4) is 39.1 Å².